The molecule has 0 radical (unpaired) electrons. The van der Waals surface area contributed by atoms with Gasteiger partial charge in [-0.2, -0.15) is 0 Å². The second-order valence-electron chi connectivity index (χ2n) is 7.54. The molecule has 0 N–H and O–H groups in total. The van der Waals surface area contributed by atoms with Crippen molar-refractivity contribution in [2.24, 2.45) is 0 Å². The number of ether oxygens (including phenoxy) is 2. The van der Waals surface area contributed by atoms with Crippen LogP contribution in [0.15, 0.2) is 66.7 Å². The largest absolute Gasteiger partial charge is 0.494 e. The summed E-state index contributed by atoms with van der Waals surface area (Å²) >= 11 is 5.95. The standard InChI is InChI=1S/C26H21ClFNO4/c1-16-20(13-25(30)33-15-17-6-4-3-5-7-17)21-12-24(32-2)22(28)14-23(21)29(16)26(31)18-8-10-19(27)11-9-18/h3-12,14H,13,15H2,1-2H3. The Hall–Kier alpha value is -3.64. The summed E-state index contributed by atoms with van der Waals surface area (Å²) in [5, 5.41) is 1.04. The molecular weight excluding hydrogens is 445 g/mol. The zero-order valence-corrected chi connectivity index (χ0v) is 18.9. The number of rotatable bonds is 6. The van der Waals surface area contributed by atoms with Crippen molar-refractivity contribution in [3.8, 4) is 5.75 Å². The van der Waals surface area contributed by atoms with Gasteiger partial charge in [0.25, 0.3) is 5.91 Å². The summed E-state index contributed by atoms with van der Waals surface area (Å²) in [6, 6.07) is 18.5. The van der Waals surface area contributed by atoms with Gasteiger partial charge >= 0.3 is 5.97 Å². The molecule has 0 fully saturated rings. The third kappa shape index (κ3) is 4.61. The van der Waals surface area contributed by atoms with Crippen LogP contribution in [0, 0.1) is 12.7 Å². The number of carbonyl (C=O) groups excluding carboxylic acids is 2. The lowest BCUT2D eigenvalue weighted by atomic mass is 10.1. The first-order chi connectivity index (χ1) is 15.9. The van der Waals surface area contributed by atoms with Crippen LogP contribution in [0.25, 0.3) is 10.9 Å². The Morgan fingerprint density at radius 2 is 1.73 bits per heavy atom. The lowest BCUT2D eigenvalue weighted by Gasteiger charge is -2.08. The van der Waals surface area contributed by atoms with E-state index < -0.39 is 11.8 Å². The Labute approximate surface area is 195 Å². The number of benzene rings is 3. The Balaban J connectivity index is 1.73. The SMILES string of the molecule is COc1cc2c(CC(=O)OCc3ccccc3)c(C)n(C(=O)c3ccc(Cl)cc3)c2cc1F. The summed E-state index contributed by atoms with van der Waals surface area (Å²) in [6.07, 6.45) is -0.0785. The van der Waals surface area contributed by atoms with Crippen LogP contribution in [0.2, 0.25) is 5.02 Å². The normalized spacial score (nSPS) is 10.9. The van der Waals surface area contributed by atoms with Gasteiger partial charge in [-0.05, 0) is 48.4 Å². The van der Waals surface area contributed by atoms with Crippen LogP contribution in [-0.4, -0.2) is 23.6 Å². The van der Waals surface area contributed by atoms with Crippen molar-refractivity contribution in [3.05, 3.63) is 100.0 Å². The minimum absolute atomic E-state index is 0.0255. The predicted molar refractivity (Wildman–Crippen MR) is 124 cm³/mol. The van der Waals surface area contributed by atoms with E-state index in [1.54, 1.807) is 31.2 Å². The molecule has 0 saturated heterocycles. The summed E-state index contributed by atoms with van der Waals surface area (Å²) in [4.78, 5) is 26.0. The van der Waals surface area contributed by atoms with Gasteiger partial charge in [-0.15, -0.1) is 0 Å². The number of carbonyl (C=O) groups is 2. The summed E-state index contributed by atoms with van der Waals surface area (Å²) < 4.78 is 26.5. The van der Waals surface area contributed by atoms with E-state index in [4.69, 9.17) is 21.1 Å². The van der Waals surface area contributed by atoms with Crippen LogP contribution >= 0.6 is 11.6 Å². The van der Waals surface area contributed by atoms with Gasteiger partial charge in [0, 0.05) is 27.7 Å². The first-order valence-electron chi connectivity index (χ1n) is 10.3. The second kappa shape index (κ2) is 9.46. The van der Waals surface area contributed by atoms with Crippen LogP contribution in [0.1, 0.15) is 27.2 Å². The van der Waals surface area contributed by atoms with Crippen molar-refractivity contribution in [2.45, 2.75) is 20.0 Å². The van der Waals surface area contributed by atoms with Crippen molar-refractivity contribution in [1.29, 1.82) is 0 Å². The van der Waals surface area contributed by atoms with E-state index in [9.17, 15) is 14.0 Å². The van der Waals surface area contributed by atoms with Gasteiger partial charge in [-0.1, -0.05) is 41.9 Å². The van der Waals surface area contributed by atoms with Gasteiger partial charge in [0.2, 0.25) is 0 Å². The molecule has 1 aromatic heterocycles. The Morgan fingerprint density at radius 3 is 2.39 bits per heavy atom. The number of halogens is 2. The predicted octanol–water partition coefficient (Wildman–Crippen LogP) is 5.73. The maximum Gasteiger partial charge on any atom is 0.310 e. The molecule has 168 valence electrons. The Morgan fingerprint density at radius 1 is 1.03 bits per heavy atom. The molecule has 33 heavy (non-hydrogen) atoms. The van der Waals surface area contributed by atoms with E-state index in [1.165, 1.54) is 23.8 Å². The van der Waals surface area contributed by atoms with Gasteiger partial charge < -0.3 is 9.47 Å². The molecule has 0 bridgehead atoms. The Kier molecular flexibility index (Phi) is 6.47. The highest BCUT2D eigenvalue weighted by atomic mass is 35.5. The lowest BCUT2D eigenvalue weighted by molar-refractivity contribution is -0.144. The number of esters is 1. The minimum atomic E-state index is -0.606. The third-order valence-corrected chi connectivity index (χ3v) is 5.72. The van der Waals surface area contributed by atoms with Crippen LogP contribution in [0.5, 0.6) is 5.75 Å². The highest BCUT2D eigenvalue weighted by Crippen LogP contribution is 2.33. The molecule has 0 aliphatic heterocycles. The van der Waals surface area contributed by atoms with Crippen molar-refractivity contribution < 1.29 is 23.5 Å². The van der Waals surface area contributed by atoms with Gasteiger partial charge in [0.15, 0.2) is 11.6 Å². The van der Waals surface area contributed by atoms with E-state index in [-0.39, 0.29) is 24.7 Å². The number of methoxy groups -OCH3 is 1. The molecule has 5 nitrogen and oxygen atoms in total. The number of hydrogen-bond donors (Lipinski definition) is 0. The first-order valence-corrected chi connectivity index (χ1v) is 10.6. The third-order valence-electron chi connectivity index (χ3n) is 5.47. The quantitative estimate of drug-likeness (QED) is 0.341. The molecule has 0 atom stereocenters. The average molecular weight is 466 g/mol. The highest BCUT2D eigenvalue weighted by Gasteiger charge is 2.24. The van der Waals surface area contributed by atoms with Crippen LogP contribution in [0.4, 0.5) is 4.39 Å². The molecule has 0 amide bonds. The number of nitrogens with zero attached hydrogens (tertiary/aromatic N) is 1. The molecule has 4 aromatic rings. The molecule has 0 spiro atoms. The average Bonchev–Trinajstić information content (AvgIpc) is 3.08. The molecule has 0 unspecified atom stereocenters. The second-order valence-corrected chi connectivity index (χ2v) is 7.97. The fraction of sp³-hybridized carbons (Fsp3) is 0.154. The summed E-state index contributed by atoms with van der Waals surface area (Å²) in [7, 11) is 1.36. The lowest BCUT2D eigenvalue weighted by Crippen LogP contribution is -2.14. The van der Waals surface area contributed by atoms with E-state index in [0.717, 1.165) is 5.56 Å². The van der Waals surface area contributed by atoms with Crippen LogP contribution in [-0.2, 0) is 22.6 Å². The van der Waals surface area contributed by atoms with E-state index in [2.05, 4.69) is 0 Å². The van der Waals surface area contributed by atoms with E-state index in [1.807, 2.05) is 30.3 Å². The minimum Gasteiger partial charge on any atom is -0.494 e. The monoisotopic (exact) mass is 465 g/mol. The summed E-state index contributed by atoms with van der Waals surface area (Å²) in [6.45, 7) is 1.86. The zero-order valence-electron chi connectivity index (χ0n) is 18.1. The Bertz CT molecular complexity index is 1330. The van der Waals surface area contributed by atoms with Crippen molar-refractivity contribution in [1.82, 2.24) is 4.57 Å². The van der Waals surface area contributed by atoms with Gasteiger partial charge in [0.1, 0.15) is 6.61 Å². The van der Waals surface area contributed by atoms with Gasteiger partial charge in [-0.25, -0.2) is 4.39 Å². The number of hydrogen-bond acceptors (Lipinski definition) is 4. The van der Waals surface area contributed by atoms with Crippen molar-refractivity contribution >= 4 is 34.4 Å². The van der Waals surface area contributed by atoms with Crippen LogP contribution in [0.3, 0.4) is 0 Å². The maximum atomic E-state index is 14.6. The molecular formula is C26H21ClFNO4. The smallest absolute Gasteiger partial charge is 0.310 e. The highest BCUT2D eigenvalue weighted by molar-refractivity contribution is 6.30. The molecule has 0 aliphatic carbocycles. The number of aromatic nitrogens is 1. The number of fused-ring (bicyclic) bond motifs is 1. The van der Waals surface area contributed by atoms with E-state index in [0.29, 0.717) is 32.7 Å². The topological polar surface area (TPSA) is 57.5 Å². The molecule has 1 heterocycles. The molecule has 0 saturated carbocycles. The molecule has 7 heteroatoms. The first kappa shape index (κ1) is 22.6. The fourth-order valence-corrected chi connectivity index (χ4v) is 3.90. The summed E-state index contributed by atoms with van der Waals surface area (Å²) in [5.41, 5.74) is 2.69. The van der Waals surface area contributed by atoms with Crippen molar-refractivity contribution in [3.63, 3.8) is 0 Å². The van der Waals surface area contributed by atoms with Gasteiger partial charge in [-0.3, -0.25) is 14.2 Å². The maximum absolute atomic E-state index is 14.6. The van der Waals surface area contributed by atoms with Crippen molar-refractivity contribution in [2.75, 3.05) is 7.11 Å². The molecule has 0 aliphatic rings. The zero-order chi connectivity index (χ0) is 23.5. The van der Waals surface area contributed by atoms with E-state index >= 15 is 0 Å². The molecule has 3 aromatic carbocycles. The van der Waals surface area contributed by atoms with Crippen LogP contribution < -0.4 is 4.74 Å². The fourth-order valence-electron chi connectivity index (χ4n) is 3.78. The summed E-state index contributed by atoms with van der Waals surface area (Å²) in [5.74, 6) is -1.39. The molecule has 4 rings (SSSR count). The van der Waals surface area contributed by atoms with Gasteiger partial charge in [0.05, 0.1) is 19.0 Å².